The summed E-state index contributed by atoms with van der Waals surface area (Å²) in [6.07, 6.45) is 1.98. The number of nitrogens with zero attached hydrogens (tertiary/aromatic N) is 3. The van der Waals surface area contributed by atoms with Gasteiger partial charge in [-0.3, -0.25) is 4.79 Å². The average Bonchev–Trinajstić information content (AvgIpc) is 2.38. The first kappa shape index (κ1) is 13.3. The second-order valence-corrected chi connectivity index (χ2v) is 5.00. The van der Waals surface area contributed by atoms with Crippen molar-refractivity contribution in [1.82, 2.24) is 4.98 Å². The number of aromatic nitrogens is 1. The van der Waals surface area contributed by atoms with E-state index in [9.17, 15) is 4.79 Å². The molecular weight excluding hydrogens is 242 g/mol. The Morgan fingerprint density at radius 1 is 1.53 bits per heavy atom. The van der Waals surface area contributed by atoms with Gasteiger partial charge in [-0.05, 0) is 37.8 Å². The molecule has 1 N–H and O–H groups in total. The standard InChI is InChI=1S/C14H17N3O2/c1-10-6-12(9-15)7-13(16-10)17-4-2-11(3-5-17)8-14(18)19/h6-7,11H,2-5,8H2,1H3,(H,18,19). The summed E-state index contributed by atoms with van der Waals surface area (Å²) in [5, 5.41) is 17.8. The molecule has 0 radical (unpaired) electrons. The van der Waals surface area contributed by atoms with Gasteiger partial charge in [0, 0.05) is 25.2 Å². The monoisotopic (exact) mass is 259 g/mol. The quantitative estimate of drug-likeness (QED) is 0.897. The van der Waals surface area contributed by atoms with E-state index < -0.39 is 5.97 Å². The van der Waals surface area contributed by atoms with Crippen molar-refractivity contribution >= 4 is 11.8 Å². The van der Waals surface area contributed by atoms with Crippen LogP contribution in [-0.4, -0.2) is 29.1 Å². The first-order valence-electron chi connectivity index (χ1n) is 6.44. The Labute approximate surface area is 112 Å². The topological polar surface area (TPSA) is 77.2 Å². The summed E-state index contributed by atoms with van der Waals surface area (Å²) < 4.78 is 0. The number of rotatable bonds is 3. The molecule has 2 rings (SSSR count). The van der Waals surface area contributed by atoms with E-state index in [2.05, 4.69) is 16.0 Å². The van der Waals surface area contributed by atoms with Crippen molar-refractivity contribution in [3.05, 3.63) is 23.4 Å². The zero-order valence-corrected chi connectivity index (χ0v) is 11.0. The number of aliphatic carboxylic acids is 1. The minimum Gasteiger partial charge on any atom is -0.481 e. The molecule has 0 atom stereocenters. The van der Waals surface area contributed by atoms with Gasteiger partial charge in [0.15, 0.2) is 0 Å². The summed E-state index contributed by atoms with van der Waals surface area (Å²) in [6.45, 7) is 3.49. The van der Waals surface area contributed by atoms with Crippen LogP contribution in [0.1, 0.15) is 30.5 Å². The van der Waals surface area contributed by atoms with Gasteiger partial charge in [-0.15, -0.1) is 0 Å². The summed E-state index contributed by atoms with van der Waals surface area (Å²) in [5.41, 5.74) is 1.46. The molecule has 0 aromatic carbocycles. The van der Waals surface area contributed by atoms with Crippen LogP contribution >= 0.6 is 0 Å². The Morgan fingerprint density at radius 3 is 2.79 bits per heavy atom. The van der Waals surface area contributed by atoms with Crippen molar-refractivity contribution < 1.29 is 9.90 Å². The van der Waals surface area contributed by atoms with Crippen LogP contribution in [0.2, 0.25) is 0 Å². The van der Waals surface area contributed by atoms with E-state index in [0.29, 0.717) is 5.56 Å². The SMILES string of the molecule is Cc1cc(C#N)cc(N2CCC(CC(=O)O)CC2)n1. The molecule has 0 amide bonds. The Balaban J connectivity index is 2.03. The Kier molecular flexibility index (Phi) is 4.00. The fourth-order valence-electron chi connectivity index (χ4n) is 2.49. The Hall–Kier alpha value is -2.09. The normalized spacial score (nSPS) is 16.1. The predicted octanol–water partition coefficient (Wildman–Crippen LogP) is 1.95. The number of carbonyl (C=O) groups is 1. The molecule has 0 aliphatic carbocycles. The number of carboxylic acid groups (broad SMARTS) is 1. The van der Waals surface area contributed by atoms with Crippen LogP contribution < -0.4 is 4.90 Å². The molecule has 19 heavy (non-hydrogen) atoms. The van der Waals surface area contributed by atoms with E-state index in [-0.39, 0.29) is 12.3 Å². The molecule has 0 bridgehead atoms. The van der Waals surface area contributed by atoms with Gasteiger partial charge in [-0.1, -0.05) is 0 Å². The second kappa shape index (κ2) is 5.70. The van der Waals surface area contributed by atoms with Gasteiger partial charge in [0.2, 0.25) is 0 Å². The van der Waals surface area contributed by atoms with Crippen molar-refractivity contribution in [3.8, 4) is 6.07 Å². The minimum absolute atomic E-state index is 0.249. The molecule has 0 saturated carbocycles. The predicted molar refractivity (Wildman–Crippen MR) is 70.9 cm³/mol. The van der Waals surface area contributed by atoms with E-state index in [0.717, 1.165) is 37.4 Å². The average molecular weight is 259 g/mol. The maximum absolute atomic E-state index is 10.7. The molecule has 1 aliphatic rings. The third-order valence-electron chi connectivity index (χ3n) is 3.47. The number of nitriles is 1. The summed E-state index contributed by atoms with van der Waals surface area (Å²) >= 11 is 0. The van der Waals surface area contributed by atoms with Crippen LogP contribution in [0.5, 0.6) is 0 Å². The molecule has 5 nitrogen and oxygen atoms in total. The maximum atomic E-state index is 10.7. The Morgan fingerprint density at radius 2 is 2.21 bits per heavy atom. The summed E-state index contributed by atoms with van der Waals surface area (Å²) in [6, 6.07) is 5.70. The fourth-order valence-corrected chi connectivity index (χ4v) is 2.49. The number of carboxylic acids is 1. The van der Waals surface area contributed by atoms with E-state index >= 15 is 0 Å². The molecular formula is C14H17N3O2. The molecule has 0 unspecified atom stereocenters. The molecule has 1 aliphatic heterocycles. The smallest absolute Gasteiger partial charge is 0.303 e. The molecule has 1 fully saturated rings. The first-order valence-corrected chi connectivity index (χ1v) is 6.44. The van der Waals surface area contributed by atoms with Gasteiger partial charge >= 0.3 is 5.97 Å². The van der Waals surface area contributed by atoms with Crippen molar-refractivity contribution in [2.45, 2.75) is 26.2 Å². The van der Waals surface area contributed by atoms with Gasteiger partial charge < -0.3 is 10.0 Å². The maximum Gasteiger partial charge on any atom is 0.303 e. The van der Waals surface area contributed by atoms with Gasteiger partial charge in [0.25, 0.3) is 0 Å². The molecule has 5 heteroatoms. The lowest BCUT2D eigenvalue weighted by Crippen LogP contribution is -2.35. The molecule has 1 aromatic rings. The summed E-state index contributed by atoms with van der Waals surface area (Å²) in [4.78, 5) is 17.3. The molecule has 2 heterocycles. The summed E-state index contributed by atoms with van der Waals surface area (Å²) in [7, 11) is 0. The van der Waals surface area contributed by atoms with Crippen molar-refractivity contribution in [2.75, 3.05) is 18.0 Å². The van der Waals surface area contributed by atoms with Crippen LogP contribution in [0.15, 0.2) is 12.1 Å². The van der Waals surface area contributed by atoms with Gasteiger partial charge in [0.05, 0.1) is 11.6 Å². The van der Waals surface area contributed by atoms with Gasteiger partial charge in [-0.2, -0.15) is 5.26 Å². The highest BCUT2D eigenvalue weighted by Gasteiger charge is 2.22. The number of pyridine rings is 1. The minimum atomic E-state index is -0.723. The zero-order chi connectivity index (χ0) is 13.8. The lowest BCUT2D eigenvalue weighted by atomic mass is 9.93. The van der Waals surface area contributed by atoms with Crippen molar-refractivity contribution in [1.29, 1.82) is 5.26 Å². The van der Waals surface area contributed by atoms with E-state index in [1.165, 1.54) is 0 Å². The van der Waals surface area contributed by atoms with Crippen LogP contribution in [0.25, 0.3) is 0 Å². The highest BCUT2D eigenvalue weighted by molar-refractivity contribution is 5.67. The molecule has 0 spiro atoms. The van der Waals surface area contributed by atoms with E-state index in [1.54, 1.807) is 12.1 Å². The Bertz CT molecular complexity index is 514. The number of hydrogen-bond acceptors (Lipinski definition) is 4. The number of piperidine rings is 1. The number of anilines is 1. The van der Waals surface area contributed by atoms with Crippen LogP contribution in [0.3, 0.4) is 0 Å². The van der Waals surface area contributed by atoms with Gasteiger partial charge in [-0.25, -0.2) is 4.98 Å². The number of aryl methyl sites for hydroxylation is 1. The molecule has 1 aromatic heterocycles. The van der Waals surface area contributed by atoms with E-state index in [4.69, 9.17) is 10.4 Å². The van der Waals surface area contributed by atoms with Crippen LogP contribution in [0.4, 0.5) is 5.82 Å². The molecule has 1 saturated heterocycles. The van der Waals surface area contributed by atoms with Crippen LogP contribution in [0, 0.1) is 24.2 Å². The first-order chi connectivity index (χ1) is 9.08. The zero-order valence-electron chi connectivity index (χ0n) is 11.0. The van der Waals surface area contributed by atoms with Crippen LogP contribution in [-0.2, 0) is 4.79 Å². The second-order valence-electron chi connectivity index (χ2n) is 5.00. The molecule has 100 valence electrons. The highest BCUT2D eigenvalue weighted by atomic mass is 16.4. The lowest BCUT2D eigenvalue weighted by molar-refractivity contribution is -0.138. The number of hydrogen-bond donors (Lipinski definition) is 1. The summed E-state index contributed by atoms with van der Waals surface area (Å²) in [5.74, 6) is 0.359. The fraction of sp³-hybridized carbons (Fsp3) is 0.500. The van der Waals surface area contributed by atoms with Crippen molar-refractivity contribution in [3.63, 3.8) is 0 Å². The highest BCUT2D eigenvalue weighted by Crippen LogP contribution is 2.24. The third kappa shape index (κ3) is 3.44. The largest absolute Gasteiger partial charge is 0.481 e. The third-order valence-corrected chi connectivity index (χ3v) is 3.47. The van der Waals surface area contributed by atoms with Crippen molar-refractivity contribution in [2.24, 2.45) is 5.92 Å². The van der Waals surface area contributed by atoms with Gasteiger partial charge in [0.1, 0.15) is 5.82 Å². The van der Waals surface area contributed by atoms with E-state index in [1.807, 2.05) is 6.92 Å². The lowest BCUT2D eigenvalue weighted by Gasteiger charge is -2.32.